The first-order chi connectivity index (χ1) is 7.75. The standard InChI is InChI=1S/C12H11BrN2O/c13-11-2-1-7-14-12(11)8-15-9-3-5-10(16)6-4-9/h1-7,15-16H,8H2. The number of aromatic nitrogens is 1. The maximum Gasteiger partial charge on any atom is 0.115 e. The van der Waals surface area contributed by atoms with Crippen LogP contribution in [0.1, 0.15) is 5.69 Å². The van der Waals surface area contributed by atoms with Gasteiger partial charge in [-0.05, 0) is 52.3 Å². The van der Waals surface area contributed by atoms with E-state index in [1.807, 2.05) is 24.3 Å². The summed E-state index contributed by atoms with van der Waals surface area (Å²) in [5.41, 5.74) is 1.91. The molecule has 82 valence electrons. The molecule has 0 bridgehead atoms. The molecule has 2 aromatic rings. The highest BCUT2D eigenvalue weighted by molar-refractivity contribution is 9.10. The van der Waals surface area contributed by atoms with Gasteiger partial charge in [0.05, 0.1) is 12.2 Å². The lowest BCUT2D eigenvalue weighted by Gasteiger charge is -2.07. The van der Waals surface area contributed by atoms with Crippen LogP contribution in [0.15, 0.2) is 47.1 Å². The van der Waals surface area contributed by atoms with Crippen molar-refractivity contribution >= 4 is 21.6 Å². The van der Waals surface area contributed by atoms with E-state index in [2.05, 4.69) is 26.2 Å². The van der Waals surface area contributed by atoms with Crippen LogP contribution in [-0.2, 0) is 6.54 Å². The third-order valence-corrected chi connectivity index (χ3v) is 2.88. The zero-order valence-electron chi connectivity index (χ0n) is 8.52. The first-order valence-electron chi connectivity index (χ1n) is 4.88. The number of aromatic hydroxyl groups is 1. The summed E-state index contributed by atoms with van der Waals surface area (Å²) in [6.45, 7) is 0.645. The molecule has 0 unspecified atom stereocenters. The summed E-state index contributed by atoms with van der Waals surface area (Å²) in [5, 5.41) is 12.4. The molecule has 0 amide bonds. The number of anilines is 1. The summed E-state index contributed by atoms with van der Waals surface area (Å²) in [6.07, 6.45) is 1.76. The Kier molecular flexibility index (Phi) is 3.41. The Morgan fingerprint density at radius 1 is 1.19 bits per heavy atom. The van der Waals surface area contributed by atoms with E-state index in [1.165, 1.54) is 0 Å². The SMILES string of the molecule is Oc1ccc(NCc2ncccc2Br)cc1. The highest BCUT2D eigenvalue weighted by Crippen LogP contribution is 2.17. The number of halogens is 1. The molecule has 0 aliphatic rings. The molecule has 0 saturated heterocycles. The fraction of sp³-hybridized carbons (Fsp3) is 0.0833. The van der Waals surface area contributed by atoms with E-state index in [0.29, 0.717) is 6.54 Å². The molecule has 1 aromatic carbocycles. The molecule has 0 atom stereocenters. The van der Waals surface area contributed by atoms with Gasteiger partial charge in [0.25, 0.3) is 0 Å². The molecule has 4 heteroatoms. The van der Waals surface area contributed by atoms with E-state index >= 15 is 0 Å². The van der Waals surface area contributed by atoms with Crippen LogP contribution in [0.4, 0.5) is 5.69 Å². The van der Waals surface area contributed by atoms with Crippen LogP contribution in [0.2, 0.25) is 0 Å². The minimum Gasteiger partial charge on any atom is -0.508 e. The minimum absolute atomic E-state index is 0.268. The van der Waals surface area contributed by atoms with Crippen LogP contribution in [0.25, 0.3) is 0 Å². The largest absolute Gasteiger partial charge is 0.508 e. The first kappa shape index (κ1) is 11.0. The minimum atomic E-state index is 0.268. The predicted octanol–water partition coefficient (Wildman–Crippen LogP) is 3.16. The summed E-state index contributed by atoms with van der Waals surface area (Å²) >= 11 is 3.44. The monoisotopic (exact) mass is 278 g/mol. The molecule has 0 radical (unpaired) electrons. The van der Waals surface area contributed by atoms with Crippen molar-refractivity contribution in [3.63, 3.8) is 0 Å². The van der Waals surface area contributed by atoms with Crippen molar-refractivity contribution in [3.05, 3.63) is 52.8 Å². The molecule has 1 heterocycles. The molecule has 0 saturated carbocycles. The third-order valence-electron chi connectivity index (χ3n) is 2.16. The topological polar surface area (TPSA) is 45.1 Å². The second kappa shape index (κ2) is 4.99. The van der Waals surface area contributed by atoms with Gasteiger partial charge in [-0.2, -0.15) is 0 Å². The molecule has 1 aromatic heterocycles. The quantitative estimate of drug-likeness (QED) is 0.848. The van der Waals surface area contributed by atoms with Gasteiger partial charge < -0.3 is 10.4 Å². The molecule has 0 aliphatic carbocycles. The Balaban J connectivity index is 2.02. The Morgan fingerprint density at radius 3 is 2.62 bits per heavy atom. The summed E-state index contributed by atoms with van der Waals surface area (Å²) in [7, 11) is 0. The highest BCUT2D eigenvalue weighted by atomic mass is 79.9. The van der Waals surface area contributed by atoms with Crippen LogP contribution in [0.3, 0.4) is 0 Å². The number of rotatable bonds is 3. The molecule has 2 rings (SSSR count). The lowest BCUT2D eigenvalue weighted by molar-refractivity contribution is 0.475. The zero-order chi connectivity index (χ0) is 11.4. The van der Waals surface area contributed by atoms with E-state index in [0.717, 1.165) is 15.9 Å². The van der Waals surface area contributed by atoms with Gasteiger partial charge >= 0.3 is 0 Å². The van der Waals surface area contributed by atoms with E-state index in [4.69, 9.17) is 5.11 Å². The van der Waals surface area contributed by atoms with Crippen molar-refractivity contribution in [3.8, 4) is 5.75 Å². The van der Waals surface area contributed by atoms with Crippen molar-refractivity contribution in [2.45, 2.75) is 6.54 Å². The molecule has 3 nitrogen and oxygen atoms in total. The molecule has 0 fully saturated rings. The van der Waals surface area contributed by atoms with Gasteiger partial charge in [-0.15, -0.1) is 0 Å². The van der Waals surface area contributed by atoms with Crippen molar-refractivity contribution in [2.75, 3.05) is 5.32 Å². The lowest BCUT2D eigenvalue weighted by atomic mass is 10.3. The molecule has 16 heavy (non-hydrogen) atoms. The average molecular weight is 279 g/mol. The number of hydrogen-bond acceptors (Lipinski definition) is 3. The van der Waals surface area contributed by atoms with Crippen LogP contribution in [0, 0.1) is 0 Å². The molecular weight excluding hydrogens is 268 g/mol. The Labute approximate surface area is 102 Å². The lowest BCUT2D eigenvalue weighted by Crippen LogP contribution is -2.01. The zero-order valence-corrected chi connectivity index (χ0v) is 10.1. The smallest absolute Gasteiger partial charge is 0.115 e. The van der Waals surface area contributed by atoms with Gasteiger partial charge in [-0.25, -0.2) is 0 Å². The van der Waals surface area contributed by atoms with Crippen LogP contribution >= 0.6 is 15.9 Å². The van der Waals surface area contributed by atoms with Gasteiger partial charge in [0.15, 0.2) is 0 Å². The molecule has 0 aliphatic heterocycles. The van der Waals surface area contributed by atoms with Crippen LogP contribution in [-0.4, -0.2) is 10.1 Å². The van der Waals surface area contributed by atoms with E-state index in [1.54, 1.807) is 18.3 Å². The highest BCUT2D eigenvalue weighted by Gasteiger charge is 1.99. The summed E-state index contributed by atoms with van der Waals surface area (Å²) < 4.78 is 0.987. The number of phenolic OH excluding ortho intramolecular Hbond substituents is 1. The van der Waals surface area contributed by atoms with Gasteiger partial charge in [-0.3, -0.25) is 4.98 Å². The summed E-state index contributed by atoms with van der Waals surface area (Å²) in [4.78, 5) is 4.25. The second-order valence-corrected chi connectivity index (χ2v) is 4.19. The van der Waals surface area contributed by atoms with Gasteiger partial charge in [0.2, 0.25) is 0 Å². The van der Waals surface area contributed by atoms with Crippen LogP contribution in [0.5, 0.6) is 5.75 Å². The van der Waals surface area contributed by atoms with Crippen molar-refractivity contribution in [1.82, 2.24) is 4.98 Å². The Morgan fingerprint density at radius 2 is 1.94 bits per heavy atom. The molecular formula is C12H11BrN2O. The average Bonchev–Trinajstić information content (AvgIpc) is 2.30. The van der Waals surface area contributed by atoms with Crippen molar-refractivity contribution in [2.24, 2.45) is 0 Å². The number of hydrogen-bond donors (Lipinski definition) is 2. The van der Waals surface area contributed by atoms with E-state index in [9.17, 15) is 0 Å². The van der Waals surface area contributed by atoms with Crippen molar-refractivity contribution < 1.29 is 5.11 Å². The fourth-order valence-electron chi connectivity index (χ4n) is 1.31. The first-order valence-corrected chi connectivity index (χ1v) is 5.67. The summed E-state index contributed by atoms with van der Waals surface area (Å²) in [5.74, 6) is 0.268. The maximum atomic E-state index is 9.14. The maximum absolute atomic E-state index is 9.14. The van der Waals surface area contributed by atoms with E-state index in [-0.39, 0.29) is 5.75 Å². The molecule has 0 spiro atoms. The Hall–Kier alpha value is -1.55. The normalized spacial score (nSPS) is 10.1. The van der Waals surface area contributed by atoms with Gasteiger partial charge in [0, 0.05) is 16.4 Å². The van der Waals surface area contributed by atoms with E-state index < -0.39 is 0 Å². The van der Waals surface area contributed by atoms with Crippen molar-refractivity contribution in [1.29, 1.82) is 0 Å². The fourth-order valence-corrected chi connectivity index (χ4v) is 1.71. The molecule has 2 N–H and O–H groups in total. The Bertz CT molecular complexity index is 471. The summed E-state index contributed by atoms with van der Waals surface area (Å²) in [6, 6.07) is 10.8. The number of phenols is 1. The number of pyridine rings is 1. The number of nitrogens with one attached hydrogen (secondary N) is 1. The predicted molar refractivity (Wildman–Crippen MR) is 67.4 cm³/mol. The van der Waals surface area contributed by atoms with Crippen LogP contribution < -0.4 is 5.32 Å². The van der Waals surface area contributed by atoms with Gasteiger partial charge in [-0.1, -0.05) is 0 Å². The van der Waals surface area contributed by atoms with Gasteiger partial charge in [0.1, 0.15) is 5.75 Å². The number of benzene rings is 1. The second-order valence-electron chi connectivity index (χ2n) is 3.33. The number of nitrogens with zero attached hydrogens (tertiary/aromatic N) is 1. The third kappa shape index (κ3) is 2.73.